The lowest BCUT2D eigenvalue weighted by molar-refractivity contribution is 0.0766. The summed E-state index contributed by atoms with van der Waals surface area (Å²) in [5.74, 6) is 0.752. The molecule has 1 aromatic rings. The van der Waals surface area contributed by atoms with Crippen LogP contribution >= 0.6 is 11.3 Å². The van der Waals surface area contributed by atoms with E-state index in [0.29, 0.717) is 5.92 Å². The molecule has 0 bridgehead atoms. The van der Waals surface area contributed by atoms with E-state index in [1.165, 1.54) is 24.2 Å². The molecule has 1 fully saturated rings. The topological polar surface area (TPSA) is 45.2 Å². The van der Waals surface area contributed by atoms with Crippen molar-refractivity contribution in [3.05, 3.63) is 16.1 Å². The molecule has 1 amide bonds. The molecular weight excluding hydrogens is 234 g/mol. The molecule has 0 spiro atoms. The van der Waals surface area contributed by atoms with Gasteiger partial charge in [0.1, 0.15) is 4.88 Å². The summed E-state index contributed by atoms with van der Waals surface area (Å²) < 4.78 is 0. The lowest BCUT2D eigenvalue weighted by Crippen LogP contribution is -2.37. The van der Waals surface area contributed by atoms with E-state index in [4.69, 9.17) is 0 Å². The number of aromatic nitrogens is 1. The number of aryl methyl sites for hydroxylation is 1. The Balaban J connectivity index is 1.93. The van der Waals surface area contributed by atoms with Gasteiger partial charge in [-0.15, -0.1) is 11.3 Å². The van der Waals surface area contributed by atoms with Crippen molar-refractivity contribution in [3.63, 3.8) is 0 Å². The molecule has 1 aromatic heterocycles. The van der Waals surface area contributed by atoms with E-state index in [2.05, 4.69) is 10.3 Å². The van der Waals surface area contributed by atoms with Crippen LogP contribution in [0.4, 0.5) is 0 Å². The normalized spacial score (nSPS) is 17.1. The van der Waals surface area contributed by atoms with Crippen LogP contribution < -0.4 is 5.32 Å². The number of nitrogens with one attached hydrogen (secondary N) is 1. The molecule has 4 nitrogen and oxygen atoms in total. The van der Waals surface area contributed by atoms with Crippen LogP contribution in [0.5, 0.6) is 0 Å². The molecule has 0 aromatic carbocycles. The molecule has 5 heteroatoms. The first-order chi connectivity index (χ1) is 8.18. The minimum Gasteiger partial charge on any atom is -0.341 e. The monoisotopic (exact) mass is 253 g/mol. The molecule has 1 saturated heterocycles. The number of hydrogen-bond acceptors (Lipinski definition) is 4. The maximum atomic E-state index is 12.2. The molecule has 1 N–H and O–H groups in total. The summed E-state index contributed by atoms with van der Waals surface area (Å²) >= 11 is 1.43. The van der Waals surface area contributed by atoms with Gasteiger partial charge in [0.15, 0.2) is 0 Å². The molecule has 0 aliphatic carbocycles. The van der Waals surface area contributed by atoms with Crippen LogP contribution in [0.3, 0.4) is 0 Å². The van der Waals surface area contributed by atoms with E-state index in [1.54, 1.807) is 5.51 Å². The van der Waals surface area contributed by atoms with Crippen molar-refractivity contribution < 1.29 is 4.79 Å². The van der Waals surface area contributed by atoms with E-state index in [-0.39, 0.29) is 5.91 Å². The molecular formula is C12H19N3OS. The van der Waals surface area contributed by atoms with Gasteiger partial charge in [-0.1, -0.05) is 0 Å². The highest BCUT2D eigenvalue weighted by atomic mass is 32.1. The summed E-state index contributed by atoms with van der Waals surface area (Å²) in [4.78, 5) is 18.9. The molecule has 1 aliphatic heterocycles. The van der Waals surface area contributed by atoms with E-state index >= 15 is 0 Å². The quantitative estimate of drug-likeness (QED) is 0.888. The third-order valence-corrected chi connectivity index (χ3v) is 4.19. The summed E-state index contributed by atoms with van der Waals surface area (Å²) in [6.45, 7) is 4.90. The lowest BCUT2D eigenvalue weighted by Gasteiger charge is -2.27. The maximum absolute atomic E-state index is 12.2. The molecule has 0 unspecified atom stereocenters. The van der Waals surface area contributed by atoms with E-state index in [0.717, 1.165) is 30.2 Å². The average Bonchev–Trinajstić information content (AvgIpc) is 2.76. The Hall–Kier alpha value is -0.940. The SMILES string of the molecule is Cc1ncsc1C(=O)N(C)CC1CCNCC1. The molecule has 1 aliphatic rings. The number of thiazole rings is 1. The number of rotatable bonds is 3. The minimum absolute atomic E-state index is 0.114. The summed E-state index contributed by atoms with van der Waals surface area (Å²) in [5, 5.41) is 3.34. The number of piperidine rings is 1. The third-order valence-electron chi connectivity index (χ3n) is 3.28. The van der Waals surface area contributed by atoms with Crippen LogP contribution in [-0.4, -0.2) is 42.5 Å². The maximum Gasteiger partial charge on any atom is 0.265 e. The van der Waals surface area contributed by atoms with Crippen LogP contribution in [0.25, 0.3) is 0 Å². The zero-order chi connectivity index (χ0) is 12.3. The van der Waals surface area contributed by atoms with Crippen molar-refractivity contribution in [2.45, 2.75) is 19.8 Å². The number of nitrogens with zero attached hydrogens (tertiary/aromatic N) is 2. The predicted molar refractivity (Wildman–Crippen MR) is 69.4 cm³/mol. The molecule has 0 saturated carbocycles. The second-order valence-electron chi connectivity index (χ2n) is 4.65. The fourth-order valence-electron chi connectivity index (χ4n) is 2.22. The molecule has 2 rings (SSSR count). The first-order valence-electron chi connectivity index (χ1n) is 6.04. The summed E-state index contributed by atoms with van der Waals surface area (Å²) in [6.07, 6.45) is 2.33. The van der Waals surface area contributed by atoms with E-state index < -0.39 is 0 Å². The minimum atomic E-state index is 0.114. The Morgan fingerprint density at radius 1 is 1.59 bits per heavy atom. The van der Waals surface area contributed by atoms with Gasteiger partial charge in [0.25, 0.3) is 5.91 Å². The number of carbonyl (C=O) groups is 1. The standard InChI is InChI=1S/C12H19N3OS/c1-9-11(17-8-14-9)12(16)15(2)7-10-3-5-13-6-4-10/h8,10,13H,3-7H2,1-2H3. The van der Waals surface area contributed by atoms with Crippen molar-refractivity contribution in [3.8, 4) is 0 Å². The molecule has 94 valence electrons. The van der Waals surface area contributed by atoms with Gasteiger partial charge in [0, 0.05) is 13.6 Å². The highest BCUT2D eigenvalue weighted by Crippen LogP contribution is 2.17. The molecule has 2 heterocycles. The largest absolute Gasteiger partial charge is 0.341 e. The van der Waals surface area contributed by atoms with Gasteiger partial charge >= 0.3 is 0 Å². The van der Waals surface area contributed by atoms with Gasteiger partial charge in [-0.25, -0.2) is 4.98 Å². The zero-order valence-electron chi connectivity index (χ0n) is 10.4. The van der Waals surface area contributed by atoms with Crippen molar-refractivity contribution in [1.29, 1.82) is 0 Å². The van der Waals surface area contributed by atoms with Crippen molar-refractivity contribution >= 4 is 17.2 Å². The van der Waals surface area contributed by atoms with E-state index in [1.807, 2.05) is 18.9 Å². The van der Waals surface area contributed by atoms with Crippen molar-refractivity contribution in [1.82, 2.24) is 15.2 Å². The Kier molecular flexibility index (Phi) is 4.12. The molecule has 17 heavy (non-hydrogen) atoms. The predicted octanol–water partition coefficient (Wildman–Crippen LogP) is 1.52. The second kappa shape index (κ2) is 5.60. The molecule has 0 atom stereocenters. The molecule has 0 radical (unpaired) electrons. The fourth-order valence-corrected chi connectivity index (χ4v) is 3.01. The Morgan fingerprint density at radius 3 is 2.88 bits per heavy atom. The lowest BCUT2D eigenvalue weighted by atomic mass is 9.97. The number of amides is 1. The van der Waals surface area contributed by atoms with Crippen LogP contribution in [0, 0.1) is 12.8 Å². The van der Waals surface area contributed by atoms with Gasteiger partial charge < -0.3 is 10.2 Å². The van der Waals surface area contributed by atoms with Crippen LogP contribution in [-0.2, 0) is 0 Å². The Labute approximate surface area is 106 Å². The second-order valence-corrected chi connectivity index (χ2v) is 5.50. The number of hydrogen-bond donors (Lipinski definition) is 1. The van der Waals surface area contributed by atoms with Crippen molar-refractivity contribution in [2.24, 2.45) is 5.92 Å². The Bertz CT molecular complexity index is 385. The summed E-state index contributed by atoms with van der Waals surface area (Å²) in [6, 6.07) is 0. The van der Waals surface area contributed by atoms with Gasteiger partial charge in [0.2, 0.25) is 0 Å². The van der Waals surface area contributed by atoms with Crippen molar-refractivity contribution in [2.75, 3.05) is 26.7 Å². The summed E-state index contributed by atoms with van der Waals surface area (Å²) in [5.41, 5.74) is 2.58. The van der Waals surface area contributed by atoms with Gasteiger partial charge in [0.05, 0.1) is 11.2 Å². The number of carbonyl (C=O) groups excluding carboxylic acids is 1. The first-order valence-corrected chi connectivity index (χ1v) is 6.92. The van der Waals surface area contributed by atoms with Crippen LogP contribution in [0.2, 0.25) is 0 Å². The van der Waals surface area contributed by atoms with Crippen LogP contribution in [0.15, 0.2) is 5.51 Å². The summed E-state index contributed by atoms with van der Waals surface area (Å²) in [7, 11) is 1.89. The third kappa shape index (κ3) is 3.04. The fraction of sp³-hybridized carbons (Fsp3) is 0.667. The highest BCUT2D eigenvalue weighted by Gasteiger charge is 2.21. The zero-order valence-corrected chi connectivity index (χ0v) is 11.2. The smallest absolute Gasteiger partial charge is 0.265 e. The van der Waals surface area contributed by atoms with Gasteiger partial charge in [-0.2, -0.15) is 0 Å². The highest BCUT2D eigenvalue weighted by molar-refractivity contribution is 7.11. The Morgan fingerprint density at radius 2 is 2.29 bits per heavy atom. The average molecular weight is 253 g/mol. The van der Waals surface area contributed by atoms with E-state index in [9.17, 15) is 4.79 Å². The van der Waals surface area contributed by atoms with Gasteiger partial charge in [-0.3, -0.25) is 4.79 Å². The first kappa shape index (κ1) is 12.5. The van der Waals surface area contributed by atoms with Gasteiger partial charge in [-0.05, 0) is 38.8 Å². The van der Waals surface area contributed by atoms with Crippen LogP contribution in [0.1, 0.15) is 28.2 Å².